The van der Waals surface area contributed by atoms with Gasteiger partial charge in [-0.05, 0) is 24.3 Å². The smallest absolute Gasteiger partial charge is 0.253 e. The van der Waals surface area contributed by atoms with E-state index in [0.29, 0.717) is 5.76 Å². The van der Waals surface area contributed by atoms with Crippen molar-refractivity contribution in [1.82, 2.24) is 5.32 Å². The van der Waals surface area contributed by atoms with Crippen LogP contribution in [0.1, 0.15) is 16.1 Å². The Morgan fingerprint density at radius 2 is 2.06 bits per heavy atom. The summed E-state index contributed by atoms with van der Waals surface area (Å²) in [4.78, 5) is 11.7. The van der Waals surface area contributed by atoms with Crippen LogP contribution in [0.25, 0.3) is 0 Å². The van der Waals surface area contributed by atoms with Crippen molar-refractivity contribution in [3.8, 4) is 0 Å². The van der Waals surface area contributed by atoms with Crippen LogP contribution in [0.4, 0.5) is 8.78 Å². The van der Waals surface area contributed by atoms with Gasteiger partial charge in [0.05, 0.1) is 23.4 Å². The van der Waals surface area contributed by atoms with Crippen LogP contribution in [0, 0.1) is 11.6 Å². The van der Waals surface area contributed by atoms with Crippen LogP contribution in [0.2, 0.25) is 5.02 Å². The molecule has 1 heterocycles. The van der Waals surface area contributed by atoms with Crippen LogP contribution < -0.4 is 5.32 Å². The van der Waals surface area contributed by atoms with Gasteiger partial charge in [0.2, 0.25) is 0 Å². The minimum absolute atomic E-state index is 0.123. The normalized spacial score (nSPS) is 10.4. The third kappa shape index (κ3) is 2.68. The Balaban J connectivity index is 2.11. The fourth-order valence-corrected chi connectivity index (χ4v) is 1.61. The molecule has 0 bridgehead atoms. The molecular formula is C12H8ClF2NO2. The summed E-state index contributed by atoms with van der Waals surface area (Å²) in [5, 5.41) is 2.34. The number of rotatable bonds is 3. The van der Waals surface area contributed by atoms with Crippen LogP contribution in [-0.2, 0) is 6.54 Å². The summed E-state index contributed by atoms with van der Waals surface area (Å²) in [6.07, 6.45) is 1.46. The maximum absolute atomic E-state index is 13.0. The zero-order valence-electron chi connectivity index (χ0n) is 9.04. The first-order chi connectivity index (χ1) is 8.58. The minimum atomic E-state index is -1.12. The molecule has 6 heteroatoms. The van der Waals surface area contributed by atoms with Gasteiger partial charge in [0, 0.05) is 0 Å². The minimum Gasteiger partial charge on any atom is -0.467 e. The summed E-state index contributed by atoms with van der Waals surface area (Å²) in [5.74, 6) is -2.28. The Morgan fingerprint density at radius 3 is 2.72 bits per heavy atom. The molecule has 2 aromatic rings. The van der Waals surface area contributed by atoms with Crippen molar-refractivity contribution in [3.05, 3.63) is 58.5 Å². The first-order valence-corrected chi connectivity index (χ1v) is 5.41. The van der Waals surface area contributed by atoms with E-state index >= 15 is 0 Å². The molecule has 1 aromatic heterocycles. The molecule has 0 unspecified atom stereocenters. The fraction of sp³-hybridized carbons (Fsp3) is 0.0833. The average Bonchev–Trinajstić information content (AvgIpc) is 2.84. The van der Waals surface area contributed by atoms with Gasteiger partial charge >= 0.3 is 0 Å². The van der Waals surface area contributed by atoms with E-state index in [9.17, 15) is 13.6 Å². The Morgan fingerprint density at radius 1 is 1.33 bits per heavy atom. The quantitative estimate of drug-likeness (QED) is 0.872. The van der Waals surface area contributed by atoms with Gasteiger partial charge in [-0.2, -0.15) is 0 Å². The third-order valence-corrected chi connectivity index (χ3v) is 2.57. The zero-order valence-corrected chi connectivity index (χ0v) is 9.80. The molecule has 0 saturated heterocycles. The number of hydrogen-bond donors (Lipinski definition) is 1. The van der Waals surface area contributed by atoms with E-state index < -0.39 is 17.5 Å². The number of furan rings is 1. The Kier molecular flexibility index (Phi) is 3.62. The van der Waals surface area contributed by atoms with Gasteiger partial charge in [0.15, 0.2) is 11.6 Å². The van der Waals surface area contributed by atoms with Crippen molar-refractivity contribution in [2.45, 2.75) is 6.54 Å². The molecule has 0 radical (unpaired) electrons. The van der Waals surface area contributed by atoms with Crippen LogP contribution in [0.5, 0.6) is 0 Å². The topological polar surface area (TPSA) is 42.2 Å². The molecule has 0 saturated carbocycles. The van der Waals surface area contributed by atoms with Crippen LogP contribution in [-0.4, -0.2) is 5.91 Å². The highest BCUT2D eigenvalue weighted by atomic mass is 35.5. The average molecular weight is 272 g/mol. The molecular weight excluding hydrogens is 264 g/mol. The molecule has 0 aliphatic carbocycles. The third-order valence-electron chi connectivity index (χ3n) is 2.26. The molecule has 0 spiro atoms. The fourth-order valence-electron chi connectivity index (χ4n) is 1.37. The Bertz CT molecular complexity index is 570. The largest absolute Gasteiger partial charge is 0.467 e. The van der Waals surface area contributed by atoms with Crippen LogP contribution in [0.3, 0.4) is 0 Å². The van der Waals surface area contributed by atoms with Crippen molar-refractivity contribution in [1.29, 1.82) is 0 Å². The maximum Gasteiger partial charge on any atom is 0.253 e. The molecule has 2 rings (SSSR count). The lowest BCUT2D eigenvalue weighted by Gasteiger charge is -2.06. The van der Waals surface area contributed by atoms with Gasteiger partial charge in [-0.3, -0.25) is 4.79 Å². The second-order valence-corrected chi connectivity index (χ2v) is 3.92. The number of carbonyl (C=O) groups is 1. The lowest BCUT2D eigenvalue weighted by atomic mass is 10.2. The van der Waals surface area contributed by atoms with E-state index in [2.05, 4.69) is 5.32 Å². The second-order valence-electron chi connectivity index (χ2n) is 3.51. The predicted octanol–water partition coefficient (Wildman–Crippen LogP) is 3.14. The Hall–Kier alpha value is -1.88. The summed E-state index contributed by atoms with van der Waals surface area (Å²) in [6, 6.07) is 4.87. The molecule has 0 atom stereocenters. The standard InChI is InChI=1S/C12H8ClF2NO2/c13-9-5-11(15)10(14)4-8(9)12(17)16-6-7-2-1-3-18-7/h1-5H,6H2,(H,16,17). The molecule has 1 aromatic carbocycles. The SMILES string of the molecule is O=C(NCc1ccco1)c1cc(F)c(F)cc1Cl. The number of amides is 1. The summed E-state index contributed by atoms with van der Waals surface area (Å²) in [6.45, 7) is 0.140. The number of hydrogen-bond acceptors (Lipinski definition) is 2. The number of halogens is 3. The lowest BCUT2D eigenvalue weighted by Crippen LogP contribution is -2.23. The van der Waals surface area contributed by atoms with E-state index in [1.807, 2.05) is 0 Å². The molecule has 1 N–H and O–H groups in total. The summed E-state index contributed by atoms with van der Waals surface area (Å²) in [5.41, 5.74) is -0.123. The molecule has 18 heavy (non-hydrogen) atoms. The van der Waals surface area contributed by atoms with Gasteiger partial charge in [-0.25, -0.2) is 8.78 Å². The molecule has 94 valence electrons. The first-order valence-electron chi connectivity index (χ1n) is 5.03. The predicted molar refractivity (Wildman–Crippen MR) is 61.2 cm³/mol. The molecule has 3 nitrogen and oxygen atoms in total. The van der Waals surface area contributed by atoms with Gasteiger partial charge < -0.3 is 9.73 Å². The molecule has 1 amide bonds. The molecule has 0 aliphatic heterocycles. The van der Waals surface area contributed by atoms with Gasteiger partial charge in [0.25, 0.3) is 5.91 Å². The highest BCUT2D eigenvalue weighted by Crippen LogP contribution is 2.20. The summed E-state index contributed by atoms with van der Waals surface area (Å²) < 4.78 is 30.8. The van der Waals surface area contributed by atoms with Crippen molar-refractivity contribution in [2.75, 3.05) is 0 Å². The second kappa shape index (κ2) is 5.18. The monoisotopic (exact) mass is 271 g/mol. The van der Waals surface area contributed by atoms with Crippen LogP contribution in [0.15, 0.2) is 34.9 Å². The summed E-state index contributed by atoms with van der Waals surface area (Å²) in [7, 11) is 0. The van der Waals surface area contributed by atoms with Crippen molar-refractivity contribution < 1.29 is 18.0 Å². The van der Waals surface area contributed by atoms with Gasteiger partial charge in [0.1, 0.15) is 5.76 Å². The van der Waals surface area contributed by atoms with E-state index in [4.69, 9.17) is 16.0 Å². The number of carbonyl (C=O) groups excluding carboxylic acids is 1. The zero-order chi connectivity index (χ0) is 13.1. The van der Waals surface area contributed by atoms with E-state index in [-0.39, 0.29) is 17.1 Å². The first kappa shape index (κ1) is 12.6. The van der Waals surface area contributed by atoms with Crippen molar-refractivity contribution >= 4 is 17.5 Å². The number of benzene rings is 1. The highest BCUT2D eigenvalue weighted by Gasteiger charge is 2.14. The van der Waals surface area contributed by atoms with E-state index in [1.54, 1.807) is 12.1 Å². The summed E-state index contributed by atoms with van der Waals surface area (Å²) >= 11 is 5.67. The van der Waals surface area contributed by atoms with Crippen molar-refractivity contribution in [3.63, 3.8) is 0 Å². The van der Waals surface area contributed by atoms with E-state index in [0.717, 1.165) is 12.1 Å². The molecule has 0 fully saturated rings. The maximum atomic E-state index is 13.0. The van der Waals surface area contributed by atoms with Gasteiger partial charge in [-0.1, -0.05) is 11.6 Å². The van der Waals surface area contributed by atoms with Gasteiger partial charge in [-0.15, -0.1) is 0 Å². The number of nitrogens with one attached hydrogen (secondary N) is 1. The highest BCUT2D eigenvalue weighted by molar-refractivity contribution is 6.33. The molecule has 0 aliphatic rings. The Labute approximate surface area is 106 Å². The van der Waals surface area contributed by atoms with Crippen molar-refractivity contribution in [2.24, 2.45) is 0 Å². The lowest BCUT2D eigenvalue weighted by molar-refractivity contribution is 0.0947. The van der Waals surface area contributed by atoms with E-state index in [1.165, 1.54) is 6.26 Å². The van der Waals surface area contributed by atoms with Crippen LogP contribution >= 0.6 is 11.6 Å².